The minimum atomic E-state index is 0.465. The summed E-state index contributed by atoms with van der Waals surface area (Å²) in [6.45, 7) is 4.31. The largest absolute Gasteiger partial charge is 0.496 e. The lowest BCUT2D eigenvalue weighted by atomic mass is 10.1. The maximum atomic E-state index is 5.52. The first-order chi connectivity index (χ1) is 6.22. The molecule has 3 heteroatoms. The summed E-state index contributed by atoms with van der Waals surface area (Å²) in [6.07, 6.45) is 0. The third-order valence-electron chi connectivity index (χ3n) is 1.90. The number of ether oxygens (including phenoxy) is 2. The van der Waals surface area contributed by atoms with Crippen molar-refractivity contribution in [2.45, 2.75) is 6.54 Å². The number of hydrogen-bond acceptors (Lipinski definition) is 3. The summed E-state index contributed by atoms with van der Waals surface area (Å²) in [4.78, 5) is 0. The Morgan fingerprint density at radius 3 is 2.00 bits per heavy atom. The van der Waals surface area contributed by atoms with Gasteiger partial charge < -0.3 is 15.2 Å². The Morgan fingerprint density at radius 2 is 1.69 bits per heavy atom. The van der Waals surface area contributed by atoms with Crippen LogP contribution in [0.4, 0.5) is 0 Å². The lowest BCUT2D eigenvalue weighted by molar-refractivity contribution is 0.390. The molecular formula is C10H14NO2. The zero-order chi connectivity index (χ0) is 9.84. The van der Waals surface area contributed by atoms with E-state index in [9.17, 15) is 0 Å². The summed E-state index contributed by atoms with van der Waals surface area (Å²) in [5, 5.41) is 0. The third kappa shape index (κ3) is 1.92. The fourth-order valence-electron chi connectivity index (χ4n) is 1.16. The second-order valence-electron chi connectivity index (χ2n) is 2.68. The summed E-state index contributed by atoms with van der Waals surface area (Å²) in [5.41, 5.74) is 7.24. The summed E-state index contributed by atoms with van der Waals surface area (Å²) >= 11 is 0. The predicted octanol–water partition coefficient (Wildman–Crippen LogP) is 1.34. The Morgan fingerprint density at radius 1 is 1.23 bits per heavy atom. The number of rotatable bonds is 3. The van der Waals surface area contributed by atoms with E-state index in [1.54, 1.807) is 14.2 Å². The van der Waals surface area contributed by atoms with E-state index in [4.69, 9.17) is 15.2 Å². The maximum absolute atomic E-state index is 5.52. The average Bonchev–Trinajstić information content (AvgIpc) is 2.18. The van der Waals surface area contributed by atoms with E-state index in [1.165, 1.54) is 0 Å². The molecule has 0 aromatic heterocycles. The van der Waals surface area contributed by atoms with Crippen LogP contribution in [0.3, 0.4) is 0 Å². The molecule has 0 heterocycles. The Bertz CT molecular complexity index is 272. The van der Waals surface area contributed by atoms with Gasteiger partial charge in [-0.25, -0.2) is 0 Å². The Kier molecular flexibility index (Phi) is 3.14. The van der Waals surface area contributed by atoms with Crippen molar-refractivity contribution in [1.29, 1.82) is 0 Å². The molecule has 0 aliphatic heterocycles. The molecule has 0 atom stereocenters. The quantitative estimate of drug-likeness (QED) is 0.763. The first-order valence-electron chi connectivity index (χ1n) is 3.99. The summed E-state index contributed by atoms with van der Waals surface area (Å²) in [6, 6.07) is 3.73. The van der Waals surface area contributed by atoms with Crippen LogP contribution < -0.4 is 15.2 Å². The van der Waals surface area contributed by atoms with Crippen LogP contribution in [0.1, 0.15) is 11.1 Å². The minimum absolute atomic E-state index is 0.465. The monoisotopic (exact) mass is 180 g/mol. The van der Waals surface area contributed by atoms with Gasteiger partial charge in [-0.1, -0.05) is 0 Å². The molecule has 1 aromatic carbocycles. The van der Waals surface area contributed by atoms with Gasteiger partial charge in [-0.05, 0) is 24.6 Å². The molecule has 1 radical (unpaired) electrons. The van der Waals surface area contributed by atoms with Crippen LogP contribution in [0, 0.1) is 6.92 Å². The van der Waals surface area contributed by atoms with Gasteiger partial charge in [0, 0.05) is 12.1 Å². The molecule has 3 nitrogen and oxygen atoms in total. The summed E-state index contributed by atoms with van der Waals surface area (Å²) < 4.78 is 10.3. The lowest BCUT2D eigenvalue weighted by Crippen LogP contribution is -2.00. The average molecular weight is 180 g/mol. The van der Waals surface area contributed by atoms with Gasteiger partial charge in [-0.2, -0.15) is 0 Å². The number of nitrogens with two attached hydrogens (primary N) is 1. The van der Waals surface area contributed by atoms with Crippen molar-refractivity contribution in [3.05, 3.63) is 30.2 Å². The number of hydrogen-bond donors (Lipinski definition) is 1. The van der Waals surface area contributed by atoms with E-state index in [2.05, 4.69) is 6.92 Å². The van der Waals surface area contributed by atoms with Gasteiger partial charge in [0.15, 0.2) is 0 Å². The van der Waals surface area contributed by atoms with E-state index in [1.807, 2.05) is 12.1 Å². The predicted molar refractivity (Wildman–Crippen MR) is 51.9 cm³/mol. The van der Waals surface area contributed by atoms with E-state index in [-0.39, 0.29) is 0 Å². The second kappa shape index (κ2) is 4.14. The first-order valence-corrected chi connectivity index (χ1v) is 3.99. The normalized spacial score (nSPS) is 9.85. The van der Waals surface area contributed by atoms with E-state index in [0.717, 1.165) is 11.1 Å². The highest BCUT2D eigenvalue weighted by atomic mass is 16.5. The second-order valence-corrected chi connectivity index (χ2v) is 2.68. The molecule has 0 aliphatic rings. The van der Waals surface area contributed by atoms with Gasteiger partial charge >= 0.3 is 0 Å². The smallest absolute Gasteiger partial charge is 0.126 e. The number of methoxy groups -OCH3 is 2. The van der Waals surface area contributed by atoms with Crippen LogP contribution in [-0.2, 0) is 6.54 Å². The van der Waals surface area contributed by atoms with Gasteiger partial charge in [0.1, 0.15) is 11.5 Å². The SMILES string of the molecule is [CH2]c1c(OC)cc(CN)cc1OC. The topological polar surface area (TPSA) is 44.5 Å². The molecule has 0 amide bonds. The lowest BCUT2D eigenvalue weighted by Gasteiger charge is -2.11. The van der Waals surface area contributed by atoms with Gasteiger partial charge in [0.05, 0.1) is 14.2 Å². The fourth-order valence-corrected chi connectivity index (χ4v) is 1.16. The van der Waals surface area contributed by atoms with E-state index >= 15 is 0 Å². The van der Waals surface area contributed by atoms with Gasteiger partial charge in [-0.15, -0.1) is 0 Å². The Balaban J connectivity index is 3.20. The summed E-state index contributed by atoms with van der Waals surface area (Å²) in [7, 11) is 3.20. The fraction of sp³-hybridized carbons (Fsp3) is 0.300. The van der Waals surface area contributed by atoms with E-state index < -0.39 is 0 Å². The standard InChI is InChI=1S/C10H14NO2/c1-7-9(12-2)4-8(6-11)5-10(7)13-3/h4-5H,1,6,11H2,2-3H3. The molecule has 0 bridgehead atoms. The summed E-state index contributed by atoms with van der Waals surface area (Å²) in [5.74, 6) is 1.42. The highest BCUT2D eigenvalue weighted by Crippen LogP contribution is 2.28. The molecule has 1 rings (SSSR count). The molecule has 0 aliphatic carbocycles. The highest BCUT2D eigenvalue weighted by molar-refractivity contribution is 5.49. The minimum Gasteiger partial charge on any atom is -0.496 e. The zero-order valence-corrected chi connectivity index (χ0v) is 7.96. The van der Waals surface area contributed by atoms with Gasteiger partial charge in [0.2, 0.25) is 0 Å². The molecule has 0 unspecified atom stereocenters. The van der Waals surface area contributed by atoms with Crippen molar-refractivity contribution in [3.63, 3.8) is 0 Å². The first kappa shape index (κ1) is 9.86. The van der Waals surface area contributed by atoms with Crippen LogP contribution in [-0.4, -0.2) is 14.2 Å². The van der Waals surface area contributed by atoms with Crippen molar-refractivity contribution in [2.75, 3.05) is 14.2 Å². The van der Waals surface area contributed by atoms with Crippen LogP contribution >= 0.6 is 0 Å². The Hall–Kier alpha value is -1.22. The molecule has 1 aromatic rings. The van der Waals surface area contributed by atoms with E-state index in [0.29, 0.717) is 18.0 Å². The molecule has 0 saturated heterocycles. The molecule has 0 fully saturated rings. The van der Waals surface area contributed by atoms with Crippen LogP contribution in [0.2, 0.25) is 0 Å². The van der Waals surface area contributed by atoms with Crippen molar-refractivity contribution >= 4 is 0 Å². The van der Waals surface area contributed by atoms with Gasteiger partial charge in [-0.3, -0.25) is 0 Å². The van der Waals surface area contributed by atoms with Crippen molar-refractivity contribution in [2.24, 2.45) is 5.73 Å². The molecule has 0 spiro atoms. The molecule has 13 heavy (non-hydrogen) atoms. The van der Waals surface area contributed by atoms with Crippen molar-refractivity contribution < 1.29 is 9.47 Å². The zero-order valence-electron chi connectivity index (χ0n) is 7.96. The highest BCUT2D eigenvalue weighted by Gasteiger charge is 2.06. The third-order valence-corrected chi connectivity index (χ3v) is 1.90. The molecule has 71 valence electrons. The van der Waals surface area contributed by atoms with Crippen LogP contribution in [0.15, 0.2) is 12.1 Å². The Labute approximate surface area is 78.5 Å². The maximum Gasteiger partial charge on any atom is 0.126 e. The number of benzene rings is 1. The van der Waals surface area contributed by atoms with Crippen molar-refractivity contribution in [3.8, 4) is 11.5 Å². The molecular weight excluding hydrogens is 166 g/mol. The van der Waals surface area contributed by atoms with Gasteiger partial charge in [0.25, 0.3) is 0 Å². The molecule has 2 N–H and O–H groups in total. The van der Waals surface area contributed by atoms with Crippen LogP contribution in [0.5, 0.6) is 11.5 Å². The molecule has 0 saturated carbocycles. The van der Waals surface area contributed by atoms with Crippen LogP contribution in [0.25, 0.3) is 0 Å². The van der Waals surface area contributed by atoms with Crippen molar-refractivity contribution in [1.82, 2.24) is 0 Å².